The second-order valence-electron chi connectivity index (χ2n) is 11.6. The van der Waals surface area contributed by atoms with Crippen molar-refractivity contribution in [1.82, 2.24) is 4.90 Å². The highest BCUT2D eigenvalue weighted by atomic mass is 16.5. The zero-order valence-corrected chi connectivity index (χ0v) is 18.6. The van der Waals surface area contributed by atoms with E-state index in [-0.39, 0.29) is 0 Å². The molecule has 0 aromatic rings. The third-order valence-electron chi connectivity index (χ3n) is 10.2. The van der Waals surface area contributed by atoms with Crippen LogP contribution in [0.5, 0.6) is 0 Å². The van der Waals surface area contributed by atoms with E-state index in [2.05, 4.69) is 32.7 Å². The van der Waals surface area contributed by atoms with E-state index in [1.165, 1.54) is 57.8 Å². The van der Waals surface area contributed by atoms with Gasteiger partial charge in [-0.2, -0.15) is 0 Å². The molecule has 0 N–H and O–H groups in total. The molecule has 28 heavy (non-hydrogen) atoms. The Morgan fingerprint density at radius 3 is 2.54 bits per heavy atom. The number of carbonyl (C=O) groups excluding carboxylic acids is 1. The van der Waals surface area contributed by atoms with Gasteiger partial charge in [0.05, 0.1) is 12.2 Å². The number of hydrogen-bond acceptors (Lipinski definition) is 2. The average molecular weight is 388 g/mol. The highest BCUT2D eigenvalue weighted by Gasteiger charge is 2.63. The Balaban J connectivity index is 1.42. The molecule has 3 unspecified atom stereocenters. The van der Waals surface area contributed by atoms with Gasteiger partial charge in [-0.3, -0.25) is 4.79 Å². The number of piperidine rings is 1. The summed E-state index contributed by atoms with van der Waals surface area (Å²) in [5.74, 6) is 3.66. The van der Waals surface area contributed by atoms with Gasteiger partial charge in [0.15, 0.2) is 0 Å². The van der Waals surface area contributed by atoms with Gasteiger partial charge >= 0.3 is 0 Å². The minimum Gasteiger partial charge on any atom is -0.374 e. The Kier molecular flexibility index (Phi) is 4.66. The molecule has 3 heteroatoms. The summed E-state index contributed by atoms with van der Waals surface area (Å²) >= 11 is 0. The van der Waals surface area contributed by atoms with Crippen LogP contribution in [0.15, 0.2) is 0 Å². The van der Waals surface area contributed by atoms with Crippen LogP contribution in [-0.2, 0) is 9.53 Å². The molecule has 1 heterocycles. The van der Waals surface area contributed by atoms with Crippen molar-refractivity contribution in [2.45, 2.75) is 110 Å². The number of rotatable bonds is 4. The maximum Gasteiger partial charge on any atom is 0.222 e. The van der Waals surface area contributed by atoms with Crippen molar-refractivity contribution in [3.05, 3.63) is 0 Å². The van der Waals surface area contributed by atoms with Gasteiger partial charge in [-0.15, -0.1) is 0 Å². The molecule has 4 saturated carbocycles. The van der Waals surface area contributed by atoms with Gasteiger partial charge in [0.25, 0.3) is 0 Å². The third kappa shape index (κ3) is 2.74. The van der Waals surface area contributed by atoms with Crippen LogP contribution in [0.3, 0.4) is 0 Å². The minimum absolute atomic E-state index is 0.336. The van der Waals surface area contributed by atoms with E-state index in [0.717, 1.165) is 36.5 Å². The molecule has 8 atom stereocenters. The number of hydrogen-bond donors (Lipinski definition) is 0. The van der Waals surface area contributed by atoms with E-state index >= 15 is 0 Å². The summed E-state index contributed by atoms with van der Waals surface area (Å²) in [6.45, 7) is 7.49. The summed E-state index contributed by atoms with van der Waals surface area (Å²) in [4.78, 5) is 14.5. The van der Waals surface area contributed by atoms with Crippen LogP contribution in [-0.4, -0.2) is 36.1 Å². The van der Waals surface area contributed by atoms with Gasteiger partial charge in [0.2, 0.25) is 5.91 Å². The molecule has 5 rings (SSSR count). The van der Waals surface area contributed by atoms with Crippen LogP contribution in [0.1, 0.15) is 91.4 Å². The molecule has 0 aromatic heterocycles. The number of amides is 1. The van der Waals surface area contributed by atoms with Gasteiger partial charge in [-0.1, -0.05) is 27.2 Å². The lowest BCUT2D eigenvalue weighted by Crippen LogP contribution is -2.61. The van der Waals surface area contributed by atoms with E-state index in [0.29, 0.717) is 35.0 Å². The lowest BCUT2D eigenvalue weighted by atomic mass is 9.47. The number of nitrogens with zero attached hydrogens (tertiary/aromatic N) is 1. The molecule has 5 fully saturated rings. The monoisotopic (exact) mass is 387 g/mol. The summed E-state index contributed by atoms with van der Waals surface area (Å²) < 4.78 is 6.75. The Bertz CT molecular complexity index is 630. The predicted octanol–water partition coefficient (Wildman–Crippen LogP) is 5.42. The number of fused-ring (bicyclic) bond motifs is 5. The zero-order chi connectivity index (χ0) is 19.7. The Morgan fingerprint density at radius 1 is 1.04 bits per heavy atom. The first-order chi connectivity index (χ1) is 13.4. The van der Waals surface area contributed by atoms with E-state index < -0.39 is 0 Å². The van der Waals surface area contributed by atoms with Crippen LogP contribution >= 0.6 is 0 Å². The Labute approximate surface area is 172 Å². The maximum absolute atomic E-state index is 12.4. The largest absolute Gasteiger partial charge is 0.374 e. The zero-order valence-electron chi connectivity index (χ0n) is 18.6. The smallest absolute Gasteiger partial charge is 0.222 e. The first-order valence-corrected chi connectivity index (χ1v) is 12.3. The number of carbonyl (C=O) groups is 1. The van der Waals surface area contributed by atoms with Gasteiger partial charge in [0, 0.05) is 19.5 Å². The van der Waals surface area contributed by atoms with Crippen molar-refractivity contribution >= 4 is 5.91 Å². The first-order valence-electron chi connectivity index (χ1n) is 12.3. The van der Waals surface area contributed by atoms with Crippen molar-refractivity contribution in [2.24, 2.45) is 34.5 Å². The van der Waals surface area contributed by atoms with Crippen molar-refractivity contribution in [1.29, 1.82) is 0 Å². The molecule has 5 aliphatic rings. The number of ether oxygens (including phenoxy) is 1. The molecule has 1 aliphatic heterocycles. The van der Waals surface area contributed by atoms with Crippen molar-refractivity contribution < 1.29 is 9.53 Å². The molecule has 0 radical (unpaired) electrons. The molecule has 0 bridgehead atoms. The quantitative estimate of drug-likeness (QED) is 0.644. The fourth-order valence-electron chi connectivity index (χ4n) is 8.60. The van der Waals surface area contributed by atoms with E-state index in [9.17, 15) is 4.79 Å². The van der Waals surface area contributed by atoms with Crippen molar-refractivity contribution in [2.75, 3.05) is 7.05 Å². The SMILES string of the molecule is CCCC1C[C@H]2[C@@H]3CCC4N(C)C(=O)CC[C@]4(C)[C@@H]3CC[C@]2(C)C1OC1CC1. The Morgan fingerprint density at radius 2 is 1.82 bits per heavy atom. The highest BCUT2D eigenvalue weighted by molar-refractivity contribution is 5.77. The van der Waals surface area contributed by atoms with Gasteiger partial charge in [0.1, 0.15) is 0 Å². The molecule has 3 nitrogen and oxygen atoms in total. The molecular formula is C25H41NO2. The van der Waals surface area contributed by atoms with Crippen LogP contribution in [0.4, 0.5) is 0 Å². The molecule has 0 aromatic carbocycles. The molecule has 4 aliphatic carbocycles. The third-order valence-corrected chi connectivity index (χ3v) is 10.2. The second-order valence-corrected chi connectivity index (χ2v) is 11.6. The van der Waals surface area contributed by atoms with Crippen LogP contribution in [0.25, 0.3) is 0 Å². The van der Waals surface area contributed by atoms with Crippen LogP contribution < -0.4 is 0 Å². The lowest BCUT2D eigenvalue weighted by Gasteiger charge is -2.61. The van der Waals surface area contributed by atoms with Gasteiger partial charge in [-0.25, -0.2) is 0 Å². The molecule has 1 amide bonds. The van der Waals surface area contributed by atoms with Gasteiger partial charge < -0.3 is 9.64 Å². The maximum atomic E-state index is 12.4. The van der Waals surface area contributed by atoms with Crippen molar-refractivity contribution in [3.8, 4) is 0 Å². The van der Waals surface area contributed by atoms with E-state index in [1.807, 2.05) is 0 Å². The summed E-state index contributed by atoms with van der Waals surface area (Å²) in [6, 6.07) is 0.478. The summed E-state index contributed by atoms with van der Waals surface area (Å²) in [6.07, 6.45) is 14.8. The molecule has 158 valence electrons. The summed E-state index contributed by atoms with van der Waals surface area (Å²) in [5, 5.41) is 0. The van der Waals surface area contributed by atoms with E-state index in [4.69, 9.17) is 4.74 Å². The van der Waals surface area contributed by atoms with Gasteiger partial charge in [-0.05, 0) is 92.3 Å². The topological polar surface area (TPSA) is 29.5 Å². The summed E-state index contributed by atoms with van der Waals surface area (Å²) in [5.41, 5.74) is 0.728. The number of likely N-dealkylation sites (tertiary alicyclic amines) is 1. The minimum atomic E-state index is 0.336. The molecular weight excluding hydrogens is 346 g/mol. The van der Waals surface area contributed by atoms with Crippen molar-refractivity contribution in [3.63, 3.8) is 0 Å². The highest BCUT2D eigenvalue weighted by Crippen LogP contribution is 2.66. The Hall–Kier alpha value is -0.570. The first kappa shape index (κ1) is 19.4. The molecule has 0 spiro atoms. The molecule has 1 saturated heterocycles. The average Bonchev–Trinajstić information content (AvgIpc) is 3.44. The fraction of sp³-hybridized carbons (Fsp3) is 0.960. The van der Waals surface area contributed by atoms with Crippen LogP contribution in [0, 0.1) is 34.5 Å². The predicted molar refractivity (Wildman–Crippen MR) is 112 cm³/mol. The standard InChI is InChI=1S/C25H41NO2/c1-5-6-16-15-20-18-9-10-21-24(2,14-12-22(27)26(21)4)19(18)11-13-25(20,3)23(16)28-17-7-8-17/h16-21,23H,5-15H2,1-4H3/t16?,18-,19-,20+,21?,23?,24-,25+/m1/s1. The summed E-state index contributed by atoms with van der Waals surface area (Å²) in [7, 11) is 2.07. The second kappa shape index (κ2) is 6.72. The lowest BCUT2D eigenvalue weighted by molar-refractivity contribution is -0.163. The normalized spacial score (nSPS) is 50.9. The van der Waals surface area contributed by atoms with Crippen LogP contribution in [0.2, 0.25) is 0 Å². The fourth-order valence-corrected chi connectivity index (χ4v) is 8.60. The van der Waals surface area contributed by atoms with E-state index in [1.54, 1.807) is 0 Å².